The Morgan fingerprint density at radius 2 is 1.33 bits per heavy atom. The van der Waals surface area contributed by atoms with Crippen LogP contribution >= 0.6 is 23.2 Å². The molecule has 0 aliphatic heterocycles. The van der Waals surface area contributed by atoms with Gasteiger partial charge in [-0.05, 0) is 11.1 Å². The Hall–Kier alpha value is -1.31. The second-order valence-corrected chi connectivity index (χ2v) is 4.57. The molecule has 0 aromatic heterocycles. The smallest absolute Gasteiger partial charge is 0.116 e. The van der Waals surface area contributed by atoms with Crippen LogP contribution in [0.2, 0.25) is 0 Å². The zero-order valence-electron chi connectivity index (χ0n) is 9.76. The summed E-state index contributed by atoms with van der Waals surface area (Å²) in [6.07, 6.45) is 0. The van der Waals surface area contributed by atoms with Gasteiger partial charge in [0.2, 0.25) is 0 Å². The van der Waals surface area contributed by atoms with Crippen molar-refractivity contribution in [3.05, 3.63) is 71.8 Å². The van der Waals surface area contributed by atoms with E-state index in [1.807, 2.05) is 60.7 Å². The minimum Gasteiger partial charge on any atom is -0.263 e. The van der Waals surface area contributed by atoms with Crippen molar-refractivity contribution in [2.24, 2.45) is 4.99 Å². The molecule has 2 rings (SSSR count). The van der Waals surface area contributed by atoms with Crippen LogP contribution in [0, 0.1) is 0 Å². The van der Waals surface area contributed by atoms with E-state index in [1.54, 1.807) is 0 Å². The highest BCUT2D eigenvalue weighted by Gasteiger charge is 2.12. The van der Waals surface area contributed by atoms with Crippen molar-refractivity contribution in [2.75, 3.05) is 5.88 Å². The van der Waals surface area contributed by atoms with Gasteiger partial charge in [0.25, 0.3) is 0 Å². The molecular weight excluding hydrogens is 265 g/mol. The van der Waals surface area contributed by atoms with E-state index in [-0.39, 0.29) is 11.9 Å². The molecule has 0 bridgehead atoms. The average molecular weight is 278 g/mol. The fraction of sp³-hybridized carbons (Fsp3) is 0.133. The zero-order chi connectivity index (χ0) is 12.8. The third-order valence-corrected chi connectivity index (χ3v) is 3.23. The first-order valence-corrected chi connectivity index (χ1v) is 6.60. The molecule has 0 radical (unpaired) electrons. The van der Waals surface area contributed by atoms with Crippen LogP contribution in [0.4, 0.5) is 0 Å². The van der Waals surface area contributed by atoms with Crippen LogP contribution in [0.1, 0.15) is 17.2 Å². The van der Waals surface area contributed by atoms with E-state index in [0.29, 0.717) is 5.17 Å². The van der Waals surface area contributed by atoms with E-state index in [2.05, 4.69) is 4.99 Å². The summed E-state index contributed by atoms with van der Waals surface area (Å²) in [6, 6.07) is 20.0. The molecule has 0 amide bonds. The third-order valence-electron chi connectivity index (χ3n) is 2.61. The van der Waals surface area contributed by atoms with Gasteiger partial charge in [0.1, 0.15) is 11.2 Å². The van der Waals surface area contributed by atoms with Crippen molar-refractivity contribution in [1.29, 1.82) is 0 Å². The number of hydrogen-bond donors (Lipinski definition) is 0. The molecule has 0 N–H and O–H groups in total. The molecule has 0 aliphatic rings. The largest absolute Gasteiger partial charge is 0.263 e. The molecule has 0 aliphatic carbocycles. The van der Waals surface area contributed by atoms with Crippen LogP contribution in [-0.2, 0) is 0 Å². The first kappa shape index (κ1) is 13.1. The van der Waals surface area contributed by atoms with Gasteiger partial charge in [0, 0.05) is 0 Å². The molecule has 0 saturated carbocycles. The van der Waals surface area contributed by atoms with Crippen molar-refractivity contribution < 1.29 is 0 Å². The predicted octanol–water partition coefficient (Wildman–Crippen LogP) is 4.65. The van der Waals surface area contributed by atoms with Crippen molar-refractivity contribution in [1.82, 2.24) is 0 Å². The predicted molar refractivity (Wildman–Crippen MR) is 78.7 cm³/mol. The number of alkyl halides is 1. The molecule has 0 heterocycles. The van der Waals surface area contributed by atoms with Gasteiger partial charge >= 0.3 is 0 Å². The molecule has 0 atom stereocenters. The molecule has 3 heteroatoms. The summed E-state index contributed by atoms with van der Waals surface area (Å²) in [7, 11) is 0. The number of aliphatic imine (C=N–C) groups is 1. The number of benzene rings is 2. The number of halogens is 2. The SMILES string of the molecule is ClCC(Cl)=NC(c1ccccc1)c1ccccc1. The number of rotatable bonds is 4. The zero-order valence-corrected chi connectivity index (χ0v) is 11.3. The summed E-state index contributed by atoms with van der Waals surface area (Å²) in [5.74, 6) is 0.234. The highest BCUT2D eigenvalue weighted by molar-refractivity contribution is 6.69. The highest BCUT2D eigenvalue weighted by Crippen LogP contribution is 2.26. The van der Waals surface area contributed by atoms with Gasteiger partial charge in [-0.25, -0.2) is 0 Å². The van der Waals surface area contributed by atoms with Crippen LogP contribution in [0.25, 0.3) is 0 Å². The normalized spacial score (nSPS) is 11.8. The average Bonchev–Trinajstić information content (AvgIpc) is 2.46. The van der Waals surface area contributed by atoms with Crippen LogP contribution < -0.4 is 0 Å². The van der Waals surface area contributed by atoms with Gasteiger partial charge in [0.05, 0.1) is 5.88 Å². The molecule has 2 aromatic carbocycles. The van der Waals surface area contributed by atoms with Gasteiger partial charge in [-0.3, -0.25) is 4.99 Å². The monoisotopic (exact) mass is 277 g/mol. The molecule has 0 fully saturated rings. The molecule has 2 aromatic rings. The fourth-order valence-corrected chi connectivity index (χ4v) is 1.95. The minimum absolute atomic E-state index is 0.0985. The van der Waals surface area contributed by atoms with E-state index < -0.39 is 0 Å². The lowest BCUT2D eigenvalue weighted by atomic mass is 9.99. The summed E-state index contributed by atoms with van der Waals surface area (Å²) in [5, 5.41) is 0.425. The van der Waals surface area contributed by atoms with E-state index in [4.69, 9.17) is 23.2 Å². The molecule has 92 valence electrons. The Bertz CT molecular complexity index is 469. The van der Waals surface area contributed by atoms with E-state index >= 15 is 0 Å². The number of hydrogen-bond acceptors (Lipinski definition) is 1. The van der Waals surface area contributed by atoms with Crippen LogP contribution in [0.3, 0.4) is 0 Å². The summed E-state index contributed by atoms with van der Waals surface area (Å²) in [5.41, 5.74) is 2.21. The van der Waals surface area contributed by atoms with Gasteiger partial charge in [-0.1, -0.05) is 72.3 Å². The molecule has 18 heavy (non-hydrogen) atoms. The van der Waals surface area contributed by atoms with Crippen molar-refractivity contribution in [3.63, 3.8) is 0 Å². The van der Waals surface area contributed by atoms with Crippen molar-refractivity contribution in [3.8, 4) is 0 Å². The maximum atomic E-state index is 5.98. The quantitative estimate of drug-likeness (QED) is 0.570. The van der Waals surface area contributed by atoms with E-state index in [0.717, 1.165) is 11.1 Å². The Morgan fingerprint density at radius 3 is 1.72 bits per heavy atom. The van der Waals surface area contributed by atoms with Gasteiger partial charge in [0.15, 0.2) is 0 Å². The van der Waals surface area contributed by atoms with E-state index in [9.17, 15) is 0 Å². The van der Waals surface area contributed by atoms with E-state index in [1.165, 1.54) is 0 Å². The van der Waals surface area contributed by atoms with Gasteiger partial charge in [-0.2, -0.15) is 0 Å². The maximum Gasteiger partial charge on any atom is 0.116 e. The van der Waals surface area contributed by atoms with Crippen LogP contribution in [0.5, 0.6) is 0 Å². The topological polar surface area (TPSA) is 12.4 Å². The lowest BCUT2D eigenvalue weighted by Crippen LogP contribution is -2.01. The summed E-state index contributed by atoms with van der Waals surface area (Å²) in [6.45, 7) is 0. The third kappa shape index (κ3) is 3.34. The Morgan fingerprint density at radius 1 is 0.889 bits per heavy atom. The lowest BCUT2D eigenvalue weighted by molar-refractivity contribution is 0.875. The summed E-state index contributed by atoms with van der Waals surface area (Å²) >= 11 is 11.7. The van der Waals surface area contributed by atoms with Crippen molar-refractivity contribution in [2.45, 2.75) is 6.04 Å². The molecule has 0 unspecified atom stereocenters. The first-order chi connectivity index (χ1) is 8.81. The Balaban J connectivity index is 2.42. The van der Waals surface area contributed by atoms with Crippen LogP contribution in [0.15, 0.2) is 65.7 Å². The molecular formula is C15H13Cl2N. The Kier molecular flexibility index (Phi) is 4.80. The second kappa shape index (κ2) is 6.58. The highest BCUT2D eigenvalue weighted by atomic mass is 35.5. The molecule has 1 nitrogen and oxygen atoms in total. The fourth-order valence-electron chi connectivity index (χ4n) is 1.79. The summed E-state index contributed by atoms with van der Waals surface area (Å²) in [4.78, 5) is 4.49. The second-order valence-electron chi connectivity index (χ2n) is 3.86. The Labute approximate surface area is 117 Å². The van der Waals surface area contributed by atoms with Gasteiger partial charge in [-0.15, -0.1) is 11.6 Å². The molecule has 0 spiro atoms. The standard InChI is InChI=1S/C15H13Cl2N/c16-11-14(17)18-15(12-7-3-1-4-8-12)13-9-5-2-6-10-13/h1-10,15H,11H2. The summed E-state index contributed by atoms with van der Waals surface area (Å²) < 4.78 is 0. The number of nitrogens with zero attached hydrogens (tertiary/aromatic N) is 1. The minimum atomic E-state index is -0.0985. The lowest BCUT2D eigenvalue weighted by Gasteiger charge is -2.14. The molecule has 0 saturated heterocycles. The maximum absolute atomic E-state index is 5.98. The van der Waals surface area contributed by atoms with Crippen molar-refractivity contribution >= 4 is 28.4 Å². The van der Waals surface area contributed by atoms with Crippen LogP contribution in [-0.4, -0.2) is 11.1 Å². The van der Waals surface area contributed by atoms with Gasteiger partial charge < -0.3 is 0 Å². The first-order valence-electron chi connectivity index (χ1n) is 5.69.